The predicted octanol–water partition coefficient (Wildman–Crippen LogP) is 4.52. The van der Waals surface area contributed by atoms with Crippen LogP contribution in [0.1, 0.15) is 31.4 Å². The first-order chi connectivity index (χ1) is 14.4. The van der Waals surface area contributed by atoms with Crippen molar-refractivity contribution in [2.24, 2.45) is 5.92 Å². The summed E-state index contributed by atoms with van der Waals surface area (Å²) in [4.78, 5) is 15.0. The van der Waals surface area contributed by atoms with Crippen molar-refractivity contribution in [2.45, 2.75) is 32.6 Å². The molecule has 1 saturated heterocycles. The first kappa shape index (κ1) is 21.0. The summed E-state index contributed by atoms with van der Waals surface area (Å²) in [5.41, 5.74) is 2.30. The van der Waals surface area contributed by atoms with Gasteiger partial charge in [-0.15, -0.1) is 0 Å². The summed E-state index contributed by atoms with van der Waals surface area (Å²) in [6.07, 6.45) is 0.967. The van der Waals surface area contributed by atoms with E-state index < -0.39 is 5.79 Å². The molecule has 2 aromatic carbocycles. The molecule has 0 N–H and O–H groups in total. The van der Waals surface area contributed by atoms with Gasteiger partial charge in [-0.2, -0.15) is 0 Å². The molecule has 2 aromatic rings. The largest absolute Gasteiger partial charge is 0.493 e. The summed E-state index contributed by atoms with van der Waals surface area (Å²) in [5, 5.41) is 0.534. The van der Waals surface area contributed by atoms with Crippen LogP contribution in [0.25, 0.3) is 0 Å². The number of halogens is 1. The molecule has 0 bridgehead atoms. The normalized spacial score (nSPS) is 17.1. The maximum absolute atomic E-state index is 13.3. The average molecular weight is 432 g/mol. The van der Waals surface area contributed by atoms with Gasteiger partial charge in [-0.05, 0) is 48.2 Å². The maximum Gasteiger partial charge on any atom is 0.292 e. The van der Waals surface area contributed by atoms with Gasteiger partial charge in [-0.3, -0.25) is 4.79 Å². The molecular formula is C23H26ClNO5. The number of rotatable bonds is 7. The Kier molecular flexibility index (Phi) is 5.91. The number of fused-ring (bicyclic) bond motifs is 2. The Morgan fingerprint density at radius 3 is 2.60 bits per heavy atom. The third kappa shape index (κ3) is 3.75. The first-order valence-corrected chi connectivity index (χ1v) is 10.5. The smallest absolute Gasteiger partial charge is 0.292 e. The Balaban J connectivity index is 1.59. The van der Waals surface area contributed by atoms with E-state index in [0.29, 0.717) is 54.4 Å². The summed E-state index contributed by atoms with van der Waals surface area (Å²) < 4.78 is 22.9. The molecule has 2 heterocycles. The minimum absolute atomic E-state index is 0.242. The summed E-state index contributed by atoms with van der Waals surface area (Å²) in [5.74, 6) is 0.262. The highest BCUT2D eigenvalue weighted by atomic mass is 35.5. The predicted molar refractivity (Wildman–Crippen MR) is 114 cm³/mol. The molecule has 0 unspecified atom stereocenters. The lowest BCUT2D eigenvalue weighted by atomic mass is 10.1. The van der Waals surface area contributed by atoms with Crippen molar-refractivity contribution < 1.29 is 23.7 Å². The summed E-state index contributed by atoms with van der Waals surface area (Å²) >= 11 is 6.19. The lowest BCUT2D eigenvalue weighted by Gasteiger charge is -2.22. The number of methoxy groups -OCH3 is 1. The van der Waals surface area contributed by atoms with E-state index in [-0.39, 0.29) is 5.91 Å². The number of amides is 1. The van der Waals surface area contributed by atoms with Crippen LogP contribution >= 0.6 is 11.6 Å². The number of carbonyl (C=O) groups excluding carboxylic acids is 1. The monoisotopic (exact) mass is 431 g/mol. The molecule has 0 radical (unpaired) electrons. The minimum atomic E-state index is -1.40. The van der Waals surface area contributed by atoms with Crippen LogP contribution in [0.5, 0.6) is 11.5 Å². The SMILES string of the molecule is COc1cc(CN2C(=O)C3(OCCO3)c3cc(Cl)ccc32)ccc1OCCC(C)C. The zero-order valence-electron chi connectivity index (χ0n) is 17.4. The number of carbonyl (C=O) groups is 1. The van der Waals surface area contributed by atoms with Gasteiger partial charge in [0.2, 0.25) is 0 Å². The van der Waals surface area contributed by atoms with E-state index in [1.54, 1.807) is 24.1 Å². The van der Waals surface area contributed by atoms with Crippen LogP contribution in [0, 0.1) is 5.92 Å². The molecule has 4 rings (SSSR count). The van der Waals surface area contributed by atoms with Crippen molar-refractivity contribution in [1.82, 2.24) is 0 Å². The van der Waals surface area contributed by atoms with Crippen molar-refractivity contribution in [3.05, 3.63) is 52.5 Å². The molecule has 2 aliphatic rings. The zero-order chi connectivity index (χ0) is 21.3. The van der Waals surface area contributed by atoms with Gasteiger partial charge in [0.15, 0.2) is 11.5 Å². The van der Waals surface area contributed by atoms with Gasteiger partial charge in [0, 0.05) is 10.6 Å². The van der Waals surface area contributed by atoms with E-state index in [0.717, 1.165) is 17.7 Å². The molecule has 1 spiro atoms. The number of hydrogen-bond donors (Lipinski definition) is 0. The third-order valence-corrected chi connectivity index (χ3v) is 5.58. The fourth-order valence-corrected chi connectivity index (χ4v) is 3.95. The number of ether oxygens (including phenoxy) is 4. The molecule has 1 amide bonds. The van der Waals surface area contributed by atoms with E-state index in [1.165, 1.54) is 0 Å². The van der Waals surface area contributed by atoms with Crippen LogP contribution in [-0.2, 0) is 26.6 Å². The Labute approximate surface area is 181 Å². The minimum Gasteiger partial charge on any atom is -0.493 e. The lowest BCUT2D eigenvalue weighted by molar-refractivity contribution is -0.180. The number of anilines is 1. The number of benzene rings is 2. The summed E-state index contributed by atoms with van der Waals surface area (Å²) in [6.45, 7) is 6.02. The van der Waals surface area contributed by atoms with Crippen molar-refractivity contribution >= 4 is 23.2 Å². The Hall–Kier alpha value is -2.28. The molecule has 0 aromatic heterocycles. The zero-order valence-corrected chi connectivity index (χ0v) is 18.2. The van der Waals surface area contributed by atoms with Crippen LogP contribution in [-0.4, -0.2) is 32.8 Å². The second-order valence-electron chi connectivity index (χ2n) is 7.88. The quantitative estimate of drug-likeness (QED) is 0.645. The van der Waals surface area contributed by atoms with Crippen molar-refractivity contribution in [3.8, 4) is 11.5 Å². The van der Waals surface area contributed by atoms with E-state index in [2.05, 4.69) is 13.8 Å². The van der Waals surface area contributed by atoms with E-state index in [4.69, 9.17) is 30.5 Å². The van der Waals surface area contributed by atoms with E-state index >= 15 is 0 Å². The van der Waals surface area contributed by atoms with Crippen molar-refractivity contribution in [1.29, 1.82) is 0 Å². The Morgan fingerprint density at radius 1 is 1.13 bits per heavy atom. The van der Waals surface area contributed by atoms with Gasteiger partial charge in [0.1, 0.15) is 0 Å². The molecule has 6 nitrogen and oxygen atoms in total. The lowest BCUT2D eigenvalue weighted by Crippen LogP contribution is -2.40. The highest BCUT2D eigenvalue weighted by Crippen LogP contribution is 2.47. The molecule has 160 valence electrons. The fourth-order valence-electron chi connectivity index (χ4n) is 3.77. The van der Waals surface area contributed by atoms with Gasteiger partial charge < -0.3 is 23.8 Å². The summed E-state index contributed by atoms with van der Waals surface area (Å²) in [6, 6.07) is 11.1. The van der Waals surface area contributed by atoms with Gasteiger partial charge in [-0.25, -0.2) is 0 Å². The molecular weight excluding hydrogens is 406 g/mol. The highest BCUT2D eigenvalue weighted by Gasteiger charge is 2.56. The Morgan fingerprint density at radius 2 is 1.90 bits per heavy atom. The van der Waals surface area contributed by atoms with Gasteiger partial charge in [0.05, 0.1) is 39.2 Å². The van der Waals surface area contributed by atoms with Crippen LogP contribution in [0.2, 0.25) is 5.02 Å². The topological polar surface area (TPSA) is 57.2 Å². The molecule has 0 aliphatic carbocycles. The Bertz CT molecular complexity index is 939. The van der Waals surface area contributed by atoms with Gasteiger partial charge in [0.25, 0.3) is 11.7 Å². The molecule has 1 fully saturated rings. The van der Waals surface area contributed by atoms with E-state index in [9.17, 15) is 4.79 Å². The molecule has 0 atom stereocenters. The second-order valence-corrected chi connectivity index (χ2v) is 8.32. The van der Waals surface area contributed by atoms with E-state index in [1.807, 2.05) is 24.3 Å². The van der Waals surface area contributed by atoms with Crippen LogP contribution in [0.4, 0.5) is 5.69 Å². The highest BCUT2D eigenvalue weighted by molar-refractivity contribution is 6.31. The van der Waals surface area contributed by atoms with Crippen LogP contribution < -0.4 is 14.4 Å². The second kappa shape index (κ2) is 8.46. The van der Waals surface area contributed by atoms with Crippen LogP contribution in [0.3, 0.4) is 0 Å². The molecule has 30 heavy (non-hydrogen) atoms. The summed E-state index contributed by atoms with van der Waals surface area (Å²) in [7, 11) is 1.61. The van der Waals surface area contributed by atoms with Crippen LogP contribution in [0.15, 0.2) is 36.4 Å². The molecule has 2 aliphatic heterocycles. The number of nitrogens with zero attached hydrogens (tertiary/aromatic N) is 1. The van der Waals surface area contributed by atoms with Crippen molar-refractivity contribution in [2.75, 3.05) is 31.8 Å². The fraction of sp³-hybridized carbons (Fsp3) is 0.435. The first-order valence-electron chi connectivity index (χ1n) is 10.1. The average Bonchev–Trinajstić information content (AvgIpc) is 3.30. The van der Waals surface area contributed by atoms with Crippen molar-refractivity contribution in [3.63, 3.8) is 0 Å². The number of hydrogen-bond acceptors (Lipinski definition) is 5. The maximum atomic E-state index is 13.3. The van der Waals surface area contributed by atoms with Gasteiger partial charge in [-0.1, -0.05) is 31.5 Å². The van der Waals surface area contributed by atoms with Gasteiger partial charge >= 0.3 is 0 Å². The molecule has 0 saturated carbocycles. The third-order valence-electron chi connectivity index (χ3n) is 5.35. The molecule has 7 heteroatoms. The standard InChI is InChI=1S/C23H26ClNO5/c1-15(2)8-9-28-20-7-4-16(12-21(20)27-3)14-25-19-6-5-17(24)13-18(19)23(22(25)26)29-10-11-30-23/h4-7,12-13,15H,8-11,14H2,1-3H3.